The fourth-order valence-electron chi connectivity index (χ4n) is 4.19. The van der Waals surface area contributed by atoms with Crippen LogP contribution in [0, 0.1) is 5.92 Å². The van der Waals surface area contributed by atoms with Crippen molar-refractivity contribution in [3.05, 3.63) is 47.8 Å². The highest BCUT2D eigenvalue weighted by Gasteiger charge is 2.28. The van der Waals surface area contributed by atoms with Crippen LogP contribution in [0.15, 0.2) is 30.7 Å². The van der Waals surface area contributed by atoms with Crippen LogP contribution in [0.3, 0.4) is 0 Å². The predicted octanol–water partition coefficient (Wildman–Crippen LogP) is 2.95. The maximum absolute atomic E-state index is 13.0. The van der Waals surface area contributed by atoms with Crippen LogP contribution < -0.4 is 5.32 Å². The largest absolute Gasteiger partial charge is 0.352 e. The molecule has 0 spiro atoms. The van der Waals surface area contributed by atoms with Gasteiger partial charge in [0.25, 0.3) is 5.91 Å². The summed E-state index contributed by atoms with van der Waals surface area (Å²) in [6.07, 6.45) is 10.4. The van der Waals surface area contributed by atoms with Gasteiger partial charge in [0, 0.05) is 56.3 Å². The Labute approximate surface area is 177 Å². The van der Waals surface area contributed by atoms with Crippen LogP contribution in [0.25, 0.3) is 0 Å². The van der Waals surface area contributed by atoms with Gasteiger partial charge in [-0.2, -0.15) is 0 Å². The van der Waals surface area contributed by atoms with Crippen molar-refractivity contribution < 1.29 is 9.59 Å². The summed E-state index contributed by atoms with van der Waals surface area (Å²) in [5.41, 5.74) is 1.63. The number of pyridine rings is 1. The molecule has 1 unspecified atom stereocenters. The molecule has 2 amide bonds. The minimum Gasteiger partial charge on any atom is -0.352 e. The van der Waals surface area contributed by atoms with E-state index in [1.54, 1.807) is 12.4 Å². The number of piperidine rings is 1. The second kappa shape index (κ2) is 8.98. The lowest BCUT2D eigenvalue weighted by Gasteiger charge is -2.33. The van der Waals surface area contributed by atoms with E-state index in [9.17, 15) is 9.59 Å². The van der Waals surface area contributed by atoms with Crippen LogP contribution in [0.1, 0.15) is 73.4 Å². The zero-order chi connectivity index (χ0) is 21.1. The second-order valence-corrected chi connectivity index (χ2v) is 8.50. The molecule has 2 aromatic rings. The molecule has 3 heterocycles. The average Bonchev–Trinajstić information content (AvgIpc) is 3.50. The Morgan fingerprint density at radius 3 is 2.57 bits per heavy atom. The number of hydrogen-bond donors (Lipinski definition) is 1. The summed E-state index contributed by atoms with van der Waals surface area (Å²) < 4.78 is 1.98. The SMILES string of the molecule is CCc1nccn1C(C)C(=O)N1CCC(c2ccc(C(=O)NCC3CC3)cn2)CC1. The quantitative estimate of drug-likeness (QED) is 0.762. The summed E-state index contributed by atoms with van der Waals surface area (Å²) in [6.45, 7) is 6.23. The highest BCUT2D eigenvalue weighted by atomic mass is 16.2. The smallest absolute Gasteiger partial charge is 0.252 e. The minimum absolute atomic E-state index is 0.0405. The van der Waals surface area contributed by atoms with Crippen LogP contribution in [0.5, 0.6) is 0 Å². The lowest BCUT2D eigenvalue weighted by molar-refractivity contribution is -0.135. The van der Waals surface area contributed by atoms with Gasteiger partial charge in [-0.1, -0.05) is 6.92 Å². The molecule has 1 aliphatic carbocycles. The number of carbonyl (C=O) groups is 2. The Kier molecular flexibility index (Phi) is 6.16. The van der Waals surface area contributed by atoms with Crippen molar-refractivity contribution in [1.29, 1.82) is 0 Å². The maximum Gasteiger partial charge on any atom is 0.252 e. The van der Waals surface area contributed by atoms with Crippen molar-refractivity contribution in [1.82, 2.24) is 24.8 Å². The summed E-state index contributed by atoms with van der Waals surface area (Å²) in [6, 6.07) is 3.61. The van der Waals surface area contributed by atoms with Crippen LogP contribution >= 0.6 is 0 Å². The summed E-state index contributed by atoms with van der Waals surface area (Å²) in [5.74, 6) is 2.04. The Hall–Kier alpha value is -2.70. The van der Waals surface area contributed by atoms with Crippen LogP contribution in [0.4, 0.5) is 0 Å². The van der Waals surface area contributed by atoms with E-state index in [2.05, 4.69) is 22.2 Å². The van der Waals surface area contributed by atoms with E-state index in [1.165, 1.54) is 12.8 Å². The van der Waals surface area contributed by atoms with E-state index in [0.717, 1.165) is 50.4 Å². The van der Waals surface area contributed by atoms with Gasteiger partial charge in [0.2, 0.25) is 5.91 Å². The third kappa shape index (κ3) is 4.55. The third-order valence-corrected chi connectivity index (χ3v) is 6.36. The molecular formula is C23H31N5O2. The fourth-order valence-corrected chi connectivity index (χ4v) is 4.19. The van der Waals surface area contributed by atoms with Crippen molar-refractivity contribution in [2.75, 3.05) is 19.6 Å². The summed E-state index contributed by atoms with van der Waals surface area (Å²) >= 11 is 0. The Morgan fingerprint density at radius 2 is 1.93 bits per heavy atom. The molecule has 4 rings (SSSR count). The molecule has 0 aromatic carbocycles. The number of nitrogens with one attached hydrogen (secondary N) is 1. The van der Waals surface area contributed by atoms with Crippen molar-refractivity contribution >= 4 is 11.8 Å². The fraction of sp³-hybridized carbons (Fsp3) is 0.565. The summed E-state index contributed by atoms with van der Waals surface area (Å²) in [5, 5.41) is 2.98. The molecule has 160 valence electrons. The molecule has 1 saturated heterocycles. The maximum atomic E-state index is 13.0. The number of amides is 2. The van der Waals surface area contributed by atoms with Gasteiger partial charge in [0.1, 0.15) is 11.9 Å². The van der Waals surface area contributed by atoms with E-state index in [0.29, 0.717) is 17.4 Å². The Balaban J connectivity index is 1.30. The number of aryl methyl sites for hydroxylation is 1. The highest BCUT2D eigenvalue weighted by Crippen LogP contribution is 2.29. The van der Waals surface area contributed by atoms with E-state index in [1.807, 2.05) is 34.7 Å². The molecule has 7 nitrogen and oxygen atoms in total. The number of carbonyl (C=O) groups excluding carboxylic acids is 2. The first-order valence-corrected chi connectivity index (χ1v) is 11.1. The molecule has 2 aliphatic rings. The number of hydrogen-bond acceptors (Lipinski definition) is 4. The third-order valence-electron chi connectivity index (χ3n) is 6.36. The highest BCUT2D eigenvalue weighted by molar-refractivity contribution is 5.93. The van der Waals surface area contributed by atoms with E-state index < -0.39 is 0 Å². The molecule has 30 heavy (non-hydrogen) atoms. The first-order valence-electron chi connectivity index (χ1n) is 11.1. The van der Waals surface area contributed by atoms with Gasteiger partial charge in [0.05, 0.1) is 5.56 Å². The van der Waals surface area contributed by atoms with Gasteiger partial charge in [-0.15, -0.1) is 0 Å². The molecule has 7 heteroatoms. The van der Waals surface area contributed by atoms with E-state index in [4.69, 9.17) is 0 Å². The molecule has 1 atom stereocenters. The standard InChI is InChI=1S/C23H31N5O2/c1-3-21-24-10-13-28(21)16(2)23(30)27-11-8-18(9-12-27)20-7-6-19(15-25-20)22(29)26-14-17-4-5-17/h6-7,10,13,15-18H,3-5,8-9,11-12,14H2,1-2H3,(H,26,29). The Morgan fingerprint density at radius 1 is 1.17 bits per heavy atom. The monoisotopic (exact) mass is 409 g/mol. The molecule has 2 fully saturated rings. The molecule has 0 radical (unpaired) electrons. The van der Waals surface area contributed by atoms with Crippen molar-refractivity contribution in [2.45, 2.75) is 57.9 Å². The van der Waals surface area contributed by atoms with Crippen LogP contribution in [-0.2, 0) is 11.2 Å². The number of rotatable bonds is 7. The van der Waals surface area contributed by atoms with Gasteiger partial charge in [-0.3, -0.25) is 14.6 Å². The normalized spacial score (nSPS) is 18.3. The zero-order valence-electron chi connectivity index (χ0n) is 17.9. The van der Waals surface area contributed by atoms with Gasteiger partial charge < -0.3 is 14.8 Å². The zero-order valence-corrected chi connectivity index (χ0v) is 17.9. The minimum atomic E-state index is -0.231. The number of nitrogens with zero attached hydrogens (tertiary/aromatic N) is 4. The van der Waals surface area contributed by atoms with E-state index in [-0.39, 0.29) is 17.9 Å². The number of aromatic nitrogens is 3. The lowest BCUT2D eigenvalue weighted by atomic mass is 9.92. The molecule has 2 aromatic heterocycles. The predicted molar refractivity (Wildman–Crippen MR) is 114 cm³/mol. The lowest BCUT2D eigenvalue weighted by Crippen LogP contribution is -2.41. The van der Waals surface area contributed by atoms with E-state index >= 15 is 0 Å². The van der Waals surface area contributed by atoms with Crippen molar-refractivity contribution in [3.8, 4) is 0 Å². The second-order valence-electron chi connectivity index (χ2n) is 8.50. The molecule has 1 N–H and O–H groups in total. The molecule has 0 bridgehead atoms. The topological polar surface area (TPSA) is 80.1 Å². The van der Waals surface area contributed by atoms with Gasteiger partial charge in [-0.25, -0.2) is 4.98 Å². The Bertz CT molecular complexity index is 879. The summed E-state index contributed by atoms with van der Waals surface area (Å²) in [7, 11) is 0. The molecular weight excluding hydrogens is 378 g/mol. The van der Waals surface area contributed by atoms with Gasteiger partial charge >= 0.3 is 0 Å². The number of likely N-dealkylation sites (tertiary alicyclic amines) is 1. The van der Waals surface area contributed by atoms with Crippen molar-refractivity contribution in [3.63, 3.8) is 0 Å². The van der Waals surface area contributed by atoms with Crippen molar-refractivity contribution in [2.24, 2.45) is 5.92 Å². The van der Waals surface area contributed by atoms with Gasteiger partial charge in [0.15, 0.2) is 0 Å². The number of imidazole rings is 1. The molecule has 1 aliphatic heterocycles. The van der Waals surface area contributed by atoms with Crippen LogP contribution in [0.2, 0.25) is 0 Å². The summed E-state index contributed by atoms with van der Waals surface area (Å²) in [4.78, 5) is 36.0. The van der Waals surface area contributed by atoms with Crippen LogP contribution in [-0.4, -0.2) is 50.9 Å². The van der Waals surface area contributed by atoms with Gasteiger partial charge in [-0.05, 0) is 50.7 Å². The first kappa shape index (κ1) is 20.6. The molecule has 1 saturated carbocycles. The first-order chi connectivity index (χ1) is 14.6. The average molecular weight is 410 g/mol.